The monoisotopic (exact) mass is 428 g/mol. The molecule has 0 aliphatic heterocycles. The highest BCUT2D eigenvalue weighted by Crippen LogP contribution is 2.50. The minimum Gasteiger partial charge on any atom is -0.216 e. The fraction of sp³-hybridized carbons (Fsp3) is 0.308. The van der Waals surface area contributed by atoms with Crippen molar-refractivity contribution in [3.63, 3.8) is 0 Å². The molecule has 0 atom stereocenters. The van der Waals surface area contributed by atoms with E-state index in [1.165, 1.54) is 62.4 Å². The first-order valence-corrected chi connectivity index (χ1v) is 11.3. The van der Waals surface area contributed by atoms with Crippen LogP contribution in [0.1, 0.15) is 43.2 Å². The van der Waals surface area contributed by atoms with E-state index in [9.17, 15) is 13.2 Å². The van der Waals surface area contributed by atoms with Gasteiger partial charge in [-0.1, -0.05) is 62.3 Å². The van der Waals surface area contributed by atoms with E-state index in [1.54, 1.807) is 48.2 Å². The molecule has 1 aliphatic rings. The van der Waals surface area contributed by atoms with Crippen molar-refractivity contribution in [3.05, 3.63) is 108 Å². The van der Waals surface area contributed by atoms with Crippen LogP contribution in [0.3, 0.4) is 0 Å². The lowest BCUT2D eigenvalue weighted by atomic mass is 9.83. The minimum absolute atomic E-state index is 0.322. The van der Waals surface area contributed by atoms with Crippen LogP contribution in [0, 0.1) is 17.6 Å². The van der Waals surface area contributed by atoms with Gasteiger partial charge in [-0.05, 0) is 71.6 Å². The number of halogens is 3. The molecule has 0 spiro atoms. The largest absolute Gasteiger partial charge is 0.216 e. The second-order valence-electron chi connectivity index (χ2n) is 7.65. The average molecular weight is 429 g/mol. The summed E-state index contributed by atoms with van der Waals surface area (Å²) in [4.78, 5) is 0. The Balaban J connectivity index is 2.16. The maximum Gasteiger partial charge on any atom is 0.123 e. The Hall–Kier alpha value is -2.20. The predicted octanol–water partition coefficient (Wildman–Crippen LogP) is 8.12. The molecule has 0 saturated heterocycles. The van der Waals surface area contributed by atoms with Gasteiger partial charge in [-0.15, -0.1) is 11.8 Å². The highest BCUT2D eigenvalue weighted by molar-refractivity contribution is 8.00. The normalized spacial score (nSPS) is 16.2. The smallest absolute Gasteiger partial charge is 0.123 e. The van der Waals surface area contributed by atoms with Crippen LogP contribution in [-0.2, 0) is 4.75 Å². The Morgan fingerprint density at radius 2 is 1.47 bits per heavy atom. The number of hydrogen-bond donors (Lipinski definition) is 0. The molecule has 1 saturated carbocycles. The van der Waals surface area contributed by atoms with E-state index in [-0.39, 0.29) is 11.6 Å². The fourth-order valence-corrected chi connectivity index (χ4v) is 5.93. The first-order valence-electron chi connectivity index (χ1n) is 10.4. The maximum absolute atomic E-state index is 13.7. The number of thioether (sulfide) groups is 1. The Morgan fingerprint density at radius 1 is 0.933 bits per heavy atom. The summed E-state index contributed by atoms with van der Waals surface area (Å²) in [5, 5.41) is 0. The van der Waals surface area contributed by atoms with Crippen LogP contribution in [0.25, 0.3) is 0 Å². The summed E-state index contributed by atoms with van der Waals surface area (Å²) < 4.78 is 39.6. The zero-order valence-corrected chi connectivity index (χ0v) is 17.8. The third-order valence-corrected chi connectivity index (χ3v) is 7.51. The van der Waals surface area contributed by atoms with Crippen LogP contribution in [0.2, 0.25) is 0 Å². The van der Waals surface area contributed by atoms with Gasteiger partial charge in [0.25, 0.3) is 0 Å². The maximum atomic E-state index is 13.7. The summed E-state index contributed by atoms with van der Waals surface area (Å²) in [7, 11) is 0. The summed E-state index contributed by atoms with van der Waals surface area (Å²) in [5.41, 5.74) is 2.49. The van der Waals surface area contributed by atoms with E-state index in [0.29, 0.717) is 12.2 Å². The van der Waals surface area contributed by atoms with Crippen LogP contribution in [0.5, 0.6) is 0 Å². The summed E-state index contributed by atoms with van der Waals surface area (Å²) >= 11 is 1.74. The third-order valence-electron chi connectivity index (χ3n) is 5.74. The molecule has 158 valence electrons. The Morgan fingerprint density at radius 3 is 1.93 bits per heavy atom. The van der Waals surface area contributed by atoms with E-state index in [1.807, 2.05) is 0 Å². The van der Waals surface area contributed by atoms with E-state index in [4.69, 9.17) is 0 Å². The number of allylic oxidation sites excluding steroid dienone is 3. The summed E-state index contributed by atoms with van der Waals surface area (Å²) in [6, 6.07) is 12.7. The summed E-state index contributed by atoms with van der Waals surface area (Å²) in [5.74, 6) is 0.847. The quantitative estimate of drug-likeness (QED) is 0.383. The molecule has 30 heavy (non-hydrogen) atoms. The van der Waals surface area contributed by atoms with Crippen LogP contribution in [0.15, 0.2) is 85.2 Å². The standard InChI is InChI=1S/C26H27F3S/c1-2-21(9-6-18-27)26(22-10-14-24(28)15-11-22,23-12-16-25(29)17-13-23)30-19-20-7-4-3-5-8-20/h2,6,9-18,20H,1,3-5,7-8,19H2/b18-6+,21-9+. The lowest BCUT2D eigenvalue weighted by molar-refractivity contribution is 0.390. The van der Waals surface area contributed by atoms with Crippen molar-refractivity contribution < 1.29 is 13.2 Å². The minimum atomic E-state index is -0.750. The van der Waals surface area contributed by atoms with Gasteiger partial charge in [0.1, 0.15) is 11.6 Å². The van der Waals surface area contributed by atoms with Crippen molar-refractivity contribution in [1.82, 2.24) is 0 Å². The van der Waals surface area contributed by atoms with E-state index in [0.717, 1.165) is 22.5 Å². The topological polar surface area (TPSA) is 0 Å². The van der Waals surface area contributed by atoms with Gasteiger partial charge in [-0.3, -0.25) is 0 Å². The Bertz CT molecular complexity index is 830. The first-order chi connectivity index (χ1) is 14.6. The molecular weight excluding hydrogens is 401 g/mol. The molecule has 0 nitrogen and oxygen atoms in total. The lowest BCUT2D eigenvalue weighted by Gasteiger charge is -2.37. The van der Waals surface area contributed by atoms with Crippen LogP contribution < -0.4 is 0 Å². The van der Waals surface area contributed by atoms with E-state index >= 15 is 0 Å². The number of rotatable bonds is 8. The second-order valence-corrected chi connectivity index (χ2v) is 8.89. The molecule has 1 aliphatic carbocycles. The van der Waals surface area contributed by atoms with Gasteiger partial charge in [-0.2, -0.15) is 0 Å². The van der Waals surface area contributed by atoms with Crippen LogP contribution >= 0.6 is 11.8 Å². The molecule has 0 aromatic heterocycles. The first kappa shape index (κ1) is 22.5. The molecule has 2 aromatic carbocycles. The molecule has 0 amide bonds. The summed E-state index contributed by atoms with van der Waals surface area (Å²) in [6.45, 7) is 3.97. The van der Waals surface area contributed by atoms with E-state index in [2.05, 4.69) is 6.58 Å². The van der Waals surface area contributed by atoms with Gasteiger partial charge in [-0.25, -0.2) is 13.2 Å². The molecule has 0 unspecified atom stereocenters. The molecule has 3 rings (SSSR count). The Kier molecular flexibility index (Phi) is 8.03. The highest BCUT2D eigenvalue weighted by atomic mass is 32.2. The van der Waals surface area contributed by atoms with Crippen molar-refractivity contribution in [2.24, 2.45) is 5.92 Å². The molecular formula is C26H27F3S. The zero-order valence-electron chi connectivity index (χ0n) is 17.0. The van der Waals surface area contributed by atoms with Gasteiger partial charge in [0.15, 0.2) is 0 Å². The molecule has 2 aromatic rings. The molecule has 0 N–H and O–H groups in total. The lowest BCUT2D eigenvalue weighted by Crippen LogP contribution is -2.28. The SMILES string of the molecule is C=C/C(=C\C=C\F)C(SCC1CCCCC1)(c1ccc(F)cc1)c1ccc(F)cc1. The molecule has 0 bridgehead atoms. The third kappa shape index (κ3) is 5.10. The molecule has 4 heteroatoms. The van der Waals surface area contributed by atoms with Gasteiger partial charge in [0.2, 0.25) is 0 Å². The van der Waals surface area contributed by atoms with Gasteiger partial charge < -0.3 is 0 Å². The van der Waals surface area contributed by atoms with Crippen LogP contribution in [-0.4, -0.2) is 5.75 Å². The summed E-state index contributed by atoms with van der Waals surface area (Å²) in [6.07, 6.45) is 11.3. The highest BCUT2D eigenvalue weighted by Gasteiger charge is 2.38. The predicted molar refractivity (Wildman–Crippen MR) is 121 cm³/mol. The van der Waals surface area contributed by atoms with Gasteiger partial charge in [0, 0.05) is 0 Å². The van der Waals surface area contributed by atoms with E-state index < -0.39 is 4.75 Å². The number of hydrogen-bond acceptors (Lipinski definition) is 1. The van der Waals surface area contributed by atoms with Crippen molar-refractivity contribution in [2.75, 3.05) is 5.75 Å². The number of benzene rings is 2. The molecule has 0 heterocycles. The van der Waals surface area contributed by atoms with Crippen molar-refractivity contribution in [1.29, 1.82) is 0 Å². The van der Waals surface area contributed by atoms with Crippen LogP contribution in [0.4, 0.5) is 13.2 Å². The second kappa shape index (κ2) is 10.7. The fourth-order valence-electron chi connectivity index (χ4n) is 4.19. The zero-order chi connectivity index (χ0) is 21.4. The van der Waals surface area contributed by atoms with Crippen molar-refractivity contribution >= 4 is 11.8 Å². The van der Waals surface area contributed by atoms with Gasteiger partial charge in [0.05, 0.1) is 11.1 Å². The Labute approximate surface area is 181 Å². The molecule has 0 radical (unpaired) electrons. The average Bonchev–Trinajstić information content (AvgIpc) is 2.78. The molecule has 1 fully saturated rings. The van der Waals surface area contributed by atoms with Gasteiger partial charge >= 0.3 is 0 Å². The van der Waals surface area contributed by atoms with Crippen molar-refractivity contribution in [2.45, 2.75) is 36.9 Å². The van der Waals surface area contributed by atoms with Crippen molar-refractivity contribution in [3.8, 4) is 0 Å².